The van der Waals surface area contributed by atoms with E-state index in [0.717, 1.165) is 9.87 Å². The van der Waals surface area contributed by atoms with E-state index >= 15 is 0 Å². The van der Waals surface area contributed by atoms with Gasteiger partial charge in [0.15, 0.2) is 0 Å². The second-order valence-electron chi connectivity index (χ2n) is 9.71. The zero-order valence-corrected chi connectivity index (χ0v) is 25.0. The number of carbonyl (C=O) groups is 2. The van der Waals surface area contributed by atoms with E-state index in [0.29, 0.717) is 28.4 Å². The maximum Gasteiger partial charge on any atom is 0.264 e. The van der Waals surface area contributed by atoms with Gasteiger partial charge in [-0.15, -0.1) is 0 Å². The summed E-state index contributed by atoms with van der Waals surface area (Å²) >= 11 is 6.01. The van der Waals surface area contributed by atoms with Gasteiger partial charge in [-0.25, -0.2) is 8.42 Å². The molecular weight excluding hydrogens is 550 g/mol. The van der Waals surface area contributed by atoms with Crippen LogP contribution in [0.2, 0.25) is 5.02 Å². The fraction of sp³-hybridized carbons (Fsp3) is 0.333. The van der Waals surface area contributed by atoms with Crippen LogP contribution in [0.1, 0.15) is 38.3 Å². The number of sulfonamides is 1. The highest BCUT2D eigenvalue weighted by atomic mass is 35.5. The summed E-state index contributed by atoms with van der Waals surface area (Å²) in [6.07, 6.45) is 0.336. The summed E-state index contributed by atoms with van der Waals surface area (Å²) in [6, 6.07) is 19.0. The third-order valence-electron chi connectivity index (χ3n) is 6.37. The van der Waals surface area contributed by atoms with E-state index in [1.54, 1.807) is 56.5 Å². The largest absolute Gasteiger partial charge is 0.497 e. The molecule has 0 spiro atoms. The lowest BCUT2D eigenvalue weighted by atomic mass is 10.1. The molecule has 1 unspecified atom stereocenters. The van der Waals surface area contributed by atoms with E-state index in [1.165, 1.54) is 29.2 Å². The van der Waals surface area contributed by atoms with Crippen molar-refractivity contribution in [2.45, 2.75) is 57.6 Å². The molecule has 8 nitrogen and oxygen atoms in total. The second-order valence-corrected chi connectivity index (χ2v) is 12.0. The Labute approximate surface area is 241 Å². The molecule has 10 heteroatoms. The first kappa shape index (κ1) is 31.0. The number of ether oxygens (including phenoxy) is 1. The maximum absolute atomic E-state index is 14.1. The number of aryl methyl sites for hydroxylation is 1. The lowest BCUT2D eigenvalue weighted by Gasteiger charge is -2.34. The van der Waals surface area contributed by atoms with Crippen LogP contribution in [0, 0.1) is 6.92 Å². The number of nitrogens with zero attached hydrogens (tertiary/aromatic N) is 2. The van der Waals surface area contributed by atoms with Crippen molar-refractivity contribution in [3.05, 3.63) is 88.9 Å². The van der Waals surface area contributed by atoms with Crippen molar-refractivity contribution in [1.82, 2.24) is 10.2 Å². The molecule has 214 valence electrons. The number of hydrogen-bond acceptors (Lipinski definition) is 5. The van der Waals surface area contributed by atoms with E-state index < -0.39 is 28.5 Å². The van der Waals surface area contributed by atoms with Crippen molar-refractivity contribution >= 4 is 39.1 Å². The fourth-order valence-electron chi connectivity index (χ4n) is 4.36. The standard InChI is InChI=1S/C30H36ClN3O5S/c1-6-27(30(36)32-21(2)3)33(19-23-11-9-12-25(18-23)39-5)29(35)20-34(28-13-8-7-10-22(28)4)40(37,38)26-16-14-24(31)15-17-26/h7-18,21,27H,6,19-20H2,1-5H3,(H,32,36). The predicted molar refractivity (Wildman–Crippen MR) is 158 cm³/mol. The van der Waals surface area contributed by atoms with Gasteiger partial charge in [0.1, 0.15) is 18.3 Å². The Morgan fingerprint density at radius 1 is 1.00 bits per heavy atom. The molecule has 2 amide bonds. The number of anilines is 1. The van der Waals surface area contributed by atoms with Gasteiger partial charge in [-0.3, -0.25) is 13.9 Å². The quantitative estimate of drug-likeness (QED) is 0.316. The normalized spacial score (nSPS) is 12.1. The third kappa shape index (κ3) is 7.55. The molecule has 3 aromatic carbocycles. The molecule has 0 aliphatic rings. The summed E-state index contributed by atoms with van der Waals surface area (Å²) in [5, 5.41) is 3.28. The number of methoxy groups -OCH3 is 1. The summed E-state index contributed by atoms with van der Waals surface area (Å²) in [4.78, 5) is 28.8. The number of halogens is 1. The summed E-state index contributed by atoms with van der Waals surface area (Å²) in [7, 11) is -2.62. The highest BCUT2D eigenvalue weighted by Gasteiger charge is 2.34. The van der Waals surface area contributed by atoms with Crippen molar-refractivity contribution in [3.8, 4) is 5.75 Å². The first-order valence-electron chi connectivity index (χ1n) is 13.0. The predicted octanol–water partition coefficient (Wildman–Crippen LogP) is 5.18. The van der Waals surface area contributed by atoms with Crippen LogP contribution in [0.4, 0.5) is 5.69 Å². The van der Waals surface area contributed by atoms with Gasteiger partial charge >= 0.3 is 0 Å². The van der Waals surface area contributed by atoms with Crippen LogP contribution in [0.15, 0.2) is 77.7 Å². The van der Waals surface area contributed by atoms with Crippen LogP contribution in [-0.2, 0) is 26.2 Å². The topological polar surface area (TPSA) is 96.0 Å². The number of benzene rings is 3. The molecule has 0 saturated carbocycles. The zero-order valence-electron chi connectivity index (χ0n) is 23.4. The Balaban J connectivity index is 2.08. The Hall–Kier alpha value is -3.56. The lowest BCUT2D eigenvalue weighted by Crippen LogP contribution is -2.53. The highest BCUT2D eigenvalue weighted by Crippen LogP contribution is 2.28. The summed E-state index contributed by atoms with van der Waals surface area (Å²) in [5.41, 5.74) is 1.79. The minimum absolute atomic E-state index is 0.00288. The molecule has 0 fully saturated rings. The molecule has 0 aromatic heterocycles. The average Bonchev–Trinajstić information content (AvgIpc) is 2.92. The Morgan fingerprint density at radius 3 is 2.27 bits per heavy atom. The van der Waals surface area contributed by atoms with Crippen LogP contribution < -0.4 is 14.4 Å². The van der Waals surface area contributed by atoms with Gasteiger partial charge in [-0.05, 0) is 80.8 Å². The Bertz CT molecular complexity index is 1430. The molecule has 1 atom stereocenters. The van der Waals surface area contributed by atoms with Crippen molar-refractivity contribution in [1.29, 1.82) is 0 Å². The van der Waals surface area contributed by atoms with E-state index in [4.69, 9.17) is 16.3 Å². The average molecular weight is 586 g/mol. The van der Waals surface area contributed by atoms with Crippen LogP contribution in [0.5, 0.6) is 5.75 Å². The minimum atomic E-state index is -4.17. The summed E-state index contributed by atoms with van der Waals surface area (Å²) in [6.45, 7) is 6.87. The van der Waals surface area contributed by atoms with Crippen molar-refractivity contribution in [2.75, 3.05) is 18.0 Å². The van der Waals surface area contributed by atoms with Gasteiger partial charge in [-0.1, -0.05) is 48.9 Å². The molecule has 0 heterocycles. The molecule has 0 bridgehead atoms. The van der Waals surface area contributed by atoms with Crippen LogP contribution >= 0.6 is 11.6 Å². The number of nitrogens with one attached hydrogen (secondary N) is 1. The SMILES string of the molecule is CCC(C(=O)NC(C)C)N(Cc1cccc(OC)c1)C(=O)CN(c1ccccc1C)S(=O)(=O)c1ccc(Cl)cc1. The molecule has 40 heavy (non-hydrogen) atoms. The molecule has 3 rings (SSSR count). The Morgan fingerprint density at radius 2 is 1.68 bits per heavy atom. The van der Waals surface area contributed by atoms with Gasteiger partial charge in [0.2, 0.25) is 11.8 Å². The monoisotopic (exact) mass is 585 g/mol. The number of carbonyl (C=O) groups excluding carboxylic acids is 2. The molecule has 0 aliphatic heterocycles. The summed E-state index contributed by atoms with van der Waals surface area (Å²) in [5.74, 6) is -0.220. The van der Waals surface area contributed by atoms with Crippen molar-refractivity contribution < 1.29 is 22.7 Å². The number of rotatable bonds is 12. The fourth-order valence-corrected chi connectivity index (χ4v) is 5.96. The Kier molecular flexibility index (Phi) is 10.6. The minimum Gasteiger partial charge on any atom is -0.497 e. The smallest absolute Gasteiger partial charge is 0.264 e. The second kappa shape index (κ2) is 13.7. The van der Waals surface area contributed by atoms with E-state index in [1.807, 2.05) is 26.8 Å². The highest BCUT2D eigenvalue weighted by molar-refractivity contribution is 7.92. The van der Waals surface area contributed by atoms with Gasteiger partial charge < -0.3 is 15.0 Å². The van der Waals surface area contributed by atoms with Crippen LogP contribution in [0.3, 0.4) is 0 Å². The number of para-hydroxylation sites is 1. The van der Waals surface area contributed by atoms with E-state index in [9.17, 15) is 18.0 Å². The maximum atomic E-state index is 14.1. The molecule has 3 aromatic rings. The van der Waals surface area contributed by atoms with Crippen LogP contribution in [-0.4, -0.2) is 50.9 Å². The van der Waals surface area contributed by atoms with Crippen LogP contribution in [0.25, 0.3) is 0 Å². The number of amides is 2. The molecule has 1 N–H and O–H groups in total. The van der Waals surface area contributed by atoms with Gasteiger partial charge in [-0.2, -0.15) is 0 Å². The molecular formula is C30H36ClN3O5S. The first-order chi connectivity index (χ1) is 19.0. The summed E-state index contributed by atoms with van der Waals surface area (Å²) < 4.78 is 34.3. The van der Waals surface area contributed by atoms with E-state index in [-0.39, 0.29) is 23.4 Å². The van der Waals surface area contributed by atoms with Gasteiger partial charge in [0.05, 0.1) is 17.7 Å². The molecule has 0 saturated heterocycles. The third-order valence-corrected chi connectivity index (χ3v) is 8.39. The van der Waals surface area contributed by atoms with Gasteiger partial charge in [0, 0.05) is 17.6 Å². The van der Waals surface area contributed by atoms with E-state index in [2.05, 4.69) is 5.32 Å². The zero-order chi connectivity index (χ0) is 29.4. The molecule has 0 aliphatic carbocycles. The van der Waals surface area contributed by atoms with Crippen molar-refractivity contribution in [2.24, 2.45) is 0 Å². The number of hydrogen-bond donors (Lipinski definition) is 1. The lowest BCUT2D eigenvalue weighted by molar-refractivity contribution is -0.140. The first-order valence-corrected chi connectivity index (χ1v) is 14.9. The van der Waals surface area contributed by atoms with Gasteiger partial charge in [0.25, 0.3) is 10.0 Å². The molecule has 0 radical (unpaired) electrons. The van der Waals surface area contributed by atoms with Crippen molar-refractivity contribution in [3.63, 3.8) is 0 Å².